The molecule has 0 aromatic heterocycles. The number of amides is 1. The first-order chi connectivity index (χ1) is 19.3. The first kappa shape index (κ1) is 34.5. The summed E-state index contributed by atoms with van der Waals surface area (Å²) in [5.74, 6) is 0. The third kappa shape index (κ3) is 11.6. The molecule has 2 aromatic rings. The molecule has 0 radical (unpaired) electrons. The van der Waals surface area contributed by atoms with Gasteiger partial charge in [-0.1, -0.05) is 35.4 Å². The third-order valence-electron chi connectivity index (χ3n) is 5.90. The van der Waals surface area contributed by atoms with E-state index in [1.807, 2.05) is 13.8 Å². The SMILES string of the molecule is COC(=O)Cl.COC(=O)N1CCC(OS(=O)(=O)c2ccc(C)cc2)C1.Cc1ccc(S(=O)(=O)OC2CCNC2)cc1. The molecular formula is C26H35ClN2O10S2. The standard InChI is InChI=1S/C13H17NO5S.C11H15NO3S.C2H3ClO2/c1-10-3-5-12(6-4-10)20(16,17)19-11-7-8-14(9-11)13(15)18-2;1-9-2-4-11(5-3-9)16(13,14)15-10-6-7-12-8-10;1-5-2(3)4/h3-6,11H,7-9H2,1-2H3;2-5,10,12H,6-8H2,1H3;1H3. The number of nitrogens with one attached hydrogen (secondary N) is 1. The Balaban J connectivity index is 0.000000251. The number of likely N-dealkylation sites (tertiary alicyclic amines) is 1. The number of halogens is 1. The van der Waals surface area contributed by atoms with Crippen LogP contribution in [0, 0.1) is 13.8 Å². The summed E-state index contributed by atoms with van der Waals surface area (Å²) in [5, 5.41) is 3.07. The summed E-state index contributed by atoms with van der Waals surface area (Å²) < 4.78 is 66.7. The van der Waals surface area contributed by atoms with Crippen molar-refractivity contribution in [2.45, 2.75) is 48.7 Å². The molecule has 12 nitrogen and oxygen atoms in total. The smallest absolute Gasteiger partial charge is 0.409 e. The normalized spacial score (nSPS) is 18.4. The van der Waals surface area contributed by atoms with Gasteiger partial charge in [0.1, 0.15) is 0 Å². The Bertz CT molecular complexity index is 1350. The molecule has 2 aliphatic rings. The maximum atomic E-state index is 12.1. The molecule has 0 bridgehead atoms. The molecule has 0 aliphatic carbocycles. The van der Waals surface area contributed by atoms with E-state index in [0.717, 1.165) is 24.1 Å². The molecule has 1 amide bonds. The zero-order valence-corrected chi connectivity index (χ0v) is 25.6. The quantitative estimate of drug-likeness (QED) is 0.366. The summed E-state index contributed by atoms with van der Waals surface area (Å²) in [4.78, 5) is 22.5. The summed E-state index contributed by atoms with van der Waals surface area (Å²) in [6.07, 6.45) is -0.0128. The van der Waals surface area contributed by atoms with Crippen LogP contribution in [0.25, 0.3) is 0 Å². The van der Waals surface area contributed by atoms with Gasteiger partial charge in [0, 0.05) is 24.7 Å². The summed E-state index contributed by atoms with van der Waals surface area (Å²) in [5.41, 5.74) is 1.23. The first-order valence-corrected chi connectivity index (χ1v) is 15.7. The average Bonchev–Trinajstić information content (AvgIpc) is 3.61. The molecule has 2 heterocycles. The van der Waals surface area contributed by atoms with Crippen molar-refractivity contribution >= 4 is 43.4 Å². The Labute approximate surface area is 246 Å². The van der Waals surface area contributed by atoms with Crippen molar-refractivity contribution < 1.29 is 44.3 Å². The van der Waals surface area contributed by atoms with Crippen LogP contribution in [-0.4, -0.2) is 85.9 Å². The fourth-order valence-electron chi connectivity index (χ4n) is 3.69. The second-order valence-electron chi connectivity index (χ2n) is 9.11. The topological polar surface area (TPSA) is 155 Å². The third-order valence-corrected chi connectivity index (χ3v) is 8.80. The van der Waals surface area contributed by atoms with Crippen molar-refractivity contribution in [2.24, 2.45) is 0 Å². The van der Waals surface area contributed by atoms with Gasteiger partial charge in [-0.3, -0.25) is 8.37 Å². The van der Waals surface area contributed by atoms with E-state index in [9.17, 15) is 26.4 Å². The van der Waals surface area contributed by atoms with Crippen molar-refractivity contribution in [3.05, 3.63) is 59.7 Å². The molecule has 2 fully saturated rings. The van der Waals surface area contributed by atoms with E-state index >= 15 is 0 Å². The van der Waals surface area contributed by atoms with E-state index in [4.69, 9.17) is 8.37 Å². The largest absolute Gasteiger partial charge is 0.457 e. The Hall–Kier alpha value is -2.75. The number of nitrogens with zero attached hydrogens (tertiary/aromatic N) is 1. The summed E-state index contributed by atoms with van der Waals surface area (Å²) >= 11 is 4.60. The van der Waals surface area contributed by atoms with Gasteiger partial charge in [-0.2, -0.15) is 16.8 Å². The van der Waals surface area contributed by atoms with Gasteiger partial charge in [-0.15, -0.1) is 0 Å². The number of hydrogen-bond donors (Lipinski definition) is 1. The van der Waals surface area contributed by atoms with Crippen LogP contribution in [0.3, 0.4) is 0 Å². The molecule has 2 saturated heterocycles. The van der Waals surface area contributed by atoms with Gasteiger partial charge in [0.15, 0.2) is 0 Å². The van der Waals surface area contributed by atoms with Crippen LogP contribution in [0.15, 0.2) is 58.3 Å². The first-order valence-electron chi connectivity index (χ1n) is 12.5. The number of aryl methyl sites for hydroxylation is 2. The highest BCUT2D eigenvalue weighted by molar-refractivity contribution is 7.87. The fourth-order valence-corrected chi connectivity index (χ4v) is 5.89. The van der Waals surface area contributed by atoms with Crippen LogP contribution < -0.4 is 5.32 Å². The molecule has 2 aliphatic heterocycles. The molecule has 2 unspecified atom stereocenters. The maximum Gasteiger partial charge on any atom is 0.409 e. The molecule has 0 saturated carbocycles. The lowest BCUT2D eigenvalue weighted by molar-refractivity contribution is 0.126. The minimum absolute atomic E-state index is 0.125. The van der Waals surface area contributed by atoms with E-state index < -0.39 is 37.9 Å². The zero-order chi connectivity index (χ0) is 30.6. The highest BCUT2D eigenvalue weighted by atomic mass is 35.5. The van der Waals surface area contributed by atoms with Crippen LogP contribution in [0.5, 0.6) is 0 Å². The second-order valence-corrected chi connectivity index (χ2v) is 12.6. The Morgan fingerprint density at radius 1 is 0.805 bits per heavy atom. The minimum Gasteiger partial charge on any atom is -0.457 e. The number of ether oxygens (including phenoxy) is 2. The van der Waals surface area contributed by atoms with Crippen LogP contribution in [0.1, 0.15) is 24.0 Å². The molecule has 2 aromatic carbocycles. The predicted octanol–water partition coefficient (Wildman–Crippen LogP) is 3.59. The van der Waals surface area contributed by atoms with Crippen molar-refractivity contribution in [3.63, 3.8) is 0 Å². The van der Waals surface area contributed by atoms with Crippen LogP contribution >= 0.6 is 11.6 Å². The van der Waals surface area contributed by atoms with Crippen LogP contribution in [-0.2, 0) is 38.1 Å². The van der Waals surface area contributed by atoms with Gasteiger partial charge in [-0.05, 0) is 57.5 Å². The average molecular weight is 635 g/mol. The monoisotopic (exact) mass is 634 g/mol. The van der Waals surface area contributed by atoms with E-state index in [1.165, 1.54) is 31.3 Å². The molecule has 41 heavy (non-hydrogen) atoms. The lowest BCUT2D eigenvalue weighted by Gasteiger charge is -2.15. The fraction of sp³-hybridized carbons (Fsp3) is 0.462. The maximum absolute atomic E-state index is 12.1. The Morgan fingerprint density at radius 2 is 1.27 bits per heavy atom. The van der Waals surface area contributed by atoms with Crippen LogP contribution in [0.4, 0.5) is 9.59 Å². The van der Waals surface area contributed by atoms with Gasteiger partial charge >= 0.3 is 11.5 Å². The number of rotatable bonds is 6. The van der Waals surface area contributed by atoms with Gasteiger partial charge in [0.25, 0.3) is 20.2 Å². The number of carbonyl (C=O) groups is 2. The van der Waals surface area contributed by atoms with E-state index in [2.05, 4.69) is 26.4 Å². The molecule has 0 spiro atoms. The number of methoxy groups -OCH3 is 2. The minimum atomic E-state index is -3.80. The van der Waals surface area contributed by atoms with Gasteiger partial charge in [0.05, 0.1) is 42.8 Å². The number of carbonyl (C=O) groups excluding carboxylic acids is 2. The number of hydrogen-bond acceptors (Lipinski definition) is 11. The highest BCUT2D eigenvalue weighted by Gasteiger charge is 2.31. The molecule has 2 atom stereocenters. The predicted molar refractivity (Wildman–Crippen MR) is 151 cm³/mol. The second kappa shape index (κ2) is 16.0. The summed E-state index contributed by atoms with van der Waals surface area (Å²) in [7, 11) is -4.89. The van der Waals surface area contributed by atoms with Crippen molar-refractivity contribution in [1.82, 2.24) is 10.2 Å². The van der Waals surface area contributed by atoms with Crippen molar-refractivity contribution in [3.8, 4) is 0 Å². The Kier molecular flexibility index (Phi) is 13.5. The summed E-state index contributed by atoms with van der Waals surface area (Å²) in [6.45, 7) is 5.86. The summed E-state index contributed by atoms with van der Waals surface area (Å²) in [6, 6.07) is 13.1. The lowest BCUT2D eigenvalue weighted by Crippen LogP contribution is -2.30. The Morgan fingerprint density at radius 3 is 1.66 bits per heavy atom. The van der Waals surface area contributed by atoms with Crippen LogP contribution in [0.2, 0.25) is 0 Å². The highest BCUT2D eigenvalue weighted by Crippen LogP contribution is 2.21. The van der Waals surface area contributed by atoms with E-state index in [0.29, 0.717) is 19.5 Å². The van der Waals surface area contributed by atoms with E-state index in [-0.39, 0.29) is 22.4 Å². The van der Waals surface area contributed by atoms with Gasteiger partial charge < -0.3 is 19.7 Å². The van der Waals surface area contributed by atoms with Crippen molar-refractivity contribution in [1.29, 1.82) is 0 Å². The van der Waals surface area contributed by atoms with Gasteiger partial charge in [0.2, 0.25) is 0 Å². The number of benzene rings is 2. The molecule has 1 N–H and O–H groups in total. The van der Waals surface area contributed by atoms with Gasteiger partial charge in [-0.25, -0.2) is 9.59 Å². The molecular weight excluding hydrogens is 600 g/mol. The zero-order valence-electron chi connectivity index (χ0n) is 23.2. The lowest BCUT2D eigenvalue weighted by atomic mass is 10.2. The van der Waals surface area contributed by atoms with Crippen molar-refractivity contribution in [2.75, 3.05) is 40.4 Å². The molecule has 228 valence electrons. The van der Waals surface area contributed by atoms with E-state index in [1.54, 1.807) is 36.4 Å². The molecule has 4 rings (SSSR count). The molecule has 15 heteroatoms.